The zero-order valence-corrected chi connectivity index (χ0v) is 16.9. The number of nitrogens with zero attached hydrogens (tertiary/aromatic N) is 1. The van der Waals surface area contributed by atoms with Crippen molar-refractivity contribution in [1.29, 1.82) is 0 Å². The summed E-state index contributed by atoms with van der Waals surface area (Å²) in [4.78, 5) is 29.2. The average molecular weight is 376 g/mol. The molecule has 0 spiro atoms. The third-order valence-corrected chi connectivity index (χ3v) is 5.57. The molecule has 0 saturated heterocycles. The summed E-state index contributed by atoms with van der Waals surface area (Å²) in [5.74, 6) is 0.0330. The fourth-order valence-corrected chi connectivity index (χ4v) is 3.84. The second kappa shape index (κ2) is 9.24. The molecule has 0 fully saturated rings. The average Bonchev–Trinajstić information content (AvgIpc) is 3.01. The van der Waals surface area contributed by atoms with Gasteiger partial charge in [0.2, 0.25) is 5.91 Å². The van der Waals surface area contributed by atoms with E-state index in [2.05, 4.69) is 36.3 Å². The summed E-state index contributed by atoms with van der Waals surface area (Å²) < 4.78 is 1.13. The van der Waals surface area contributed by atoms with E-state index in [-0.39, 0.29) is 24.2 Å². The molecule has 0 radical (unpaired) electrons. The third kappa shape index (κ3) is 5.35. The van der Waals surface area contributed by atoms with Crippen molar-refractivity contribution in [3.8, 4) is 0 Å². The van der Waals surface area contributed by atoms with Crippen molar-refractivity contribution < 1.29 is 9.59 Å². The third-order valence-electron chi connectivity index (χ3n) is 4.53. The van der Waals surface area contributed by atoms with E-state index >= 15 is 0 Å². The Labute approximate surface area is 159 Å². The number of amides is 1. The summed E-state index contributed by atoms with van der Waals surface area (Å²) >= 11 is 1.61. The number of nitrogens with two attached hydrogens (primary N) is 1. The number of benzene rings is 1. The van der Waals surface area contributed by atoms with Gasteiger partial charge in [0, 0.05) is 31.8 Å². The predicted molar refractivity (Wildman–Crippen MR) is 107 cm³/mol. The van der Waals surface area contributed by atoms with Crippen LogP contribution in [0.2, 0.25) is 0 Å². The van der Waals surface area contributed by atoms with Crippen LogP contribution in [0.5, 0.6) is 0 Å². The molecule has 2 aromatic rings. The van der Waals surface area contributed by atoms with E-state index in [1.807, 2.05) is 19.9 Å². The summed E-state index contributed by atoms with van der Waals surface area (Å²) in [5, 5.41) is 3.79. The number of aromatic nitrogens is 1. The van der Waals surface area contributed by atoms with Gasteiger partial charge in [0.1, 0.15) is 5.78 Å². The maximum absolute atomic E-state index is 12.6. The molecule has 1 aromatic carbocycles. The molecule has 0 saturated carbocycles. The van der Waals surface area contributed by atoms with Gasteiger partial charge in [-0.2, -0.15) is 0 Å². The van der Waals surface area contributed by atoms with Crippen LogP contribution in [-0.4, -0.2) is 29.3 Å². The highest BCUT2D eigenvalue weighted by molar-refractivity contribution is 7.18. The summed E-state index contributed by atoms with van der Waals surface area (Å²) in [6.07, 6.45) is 1.16. The molecule has 3 N–H and O–H groups in total. The van der Waals surface area contributed by atoms with Crippen molar-refractivity contribution in [1.82, 2.24) is 10.3 Å². The van der Waals surface area contributed by atoms with Crippen molar-refractivity contribution in [3.05, 3.63) is 28.8 Å². The first-order chi connectivity index (χ1) is 12.3. The van der Waals surface area contributed by atoms with Gasteiger partial charge in [0.15, 0.2) is 0 Å². The van der Waals surface area contributed by atoms with Gasteiger partial charge in [0.05, 0.1) is 21.1 Å². The second-order valence-corrected chi connectivity index (χ2v) is 8.25. The highest BCUT2D eigenvalue weighted by atomic mass is 32.1. The zero-order chi connectivity index (χ0) is 19.3. The van der Waals surface area contributed by atoms with Crippen molar-refractivity contribution >= 4 is 33.2 Å². The van der Waals surface area contributed by atoms with Gasteiger partial charge in [-0.1, -0.05) is 26.8 Å². The monoisotopic (exact) mass is 375 g/mol. The smallest absolute Gasteiger partial charge is 0.224 e. The first-order valence-electron chi connectivity index (χ1n) is 9.25. The first-order valence-corrected chi connectivity index (χ1v) is 10.1. The first kappa shape index (κ1) is 20.5. The van der Waals surface area contributed by atoms with Crippen LogP contribution < -0.4 is 11.1 Å². The maximum Gasteiger partial charge on any atom is 0.224 e. The minimum Gasteiger partial charge on any atom is -0.352 e. The summed E-state index contributed by atoms with van der Waals surface area (Å²) in [7, 11) is 0. The molecular weight excluding hydrogens is 346 g/mol. The van der Waals surface area contributed by atoms with Crippen molar-refractivity contribution in [2.45, 2.75) is 58.9 Å². The van der Waals surface area contributed by atoms with E-state index in [1.165, 1.54) is 5.56 Å². The van der Waals surface area contributed by atoms with Crippen LogP contribution >= 0.6 is 11.3 Å². The van der Waals surface area contributed by atoms with Gasteiger partial charge in [0.25, 0.3) is 0 Å². The highest BCUT2D eigenvalue weighted by Crippen LogP contribution is 2.28. The molecular formula is C20H29N3O2S. The van der Waals surface area contributed by atoms with Crippen LogP contribution in [0.4, 0.5) is 0 Å². The number of ketones is 1. The SMILES string of the molecule is CCC(=O)C[C@@H](Cc1nc2ccc(C(C)C)cc2s1)C(=O)N[C@@H](C)CN. The Morgan fingerprint density at radius 2 is 2.00 bits per heavy atom. The lowest BCUT2D eigenvalue weighted by atomic mass is 9.96. The molecule has 142 valence electrons. The number of Topliss-reactive ketones (excluding diaryl/α,β-unsaturated/α-hetero) is 1. The van der Waals surface area contributed by atoms with Crippen LogP contribution in [-0.2, 0) is 16.0 Å². The Morgan fingerprint density at radius 3 is 2.62 bits per heavy atom. The zero-order valence-electron chi connectivity index (χ0n) is 16.0. The van der Waals surface area contributed by atoms with E-state index in [1.54, 1.807) is 11.3 Å². The Balaban J connectivity index is 2.21. The van der Waals surface area contributed by atoms with E-state index in [0.717, 1.165) is 15.2 Å². The minimum atomic E-state index is -0.401. The Hall–Kier alpha value is -1.79. The number of thiazole rings is 1. The molecule has 0 bridgehead atoms. The number of fused-ring (bicyclic) bond motifs is 1. The number of nitrogens with one attached hydrogen (secondary N) is 1. The van der Waals surface area contributed by atoms with Crippen LogP contribution in [0.25, 0.3) is 10.2 Å². The molecule has 1 aromatic heterocycles. The van der Waals surface area contributed by atoms with E-state index in [4.69, 9.17) is 5.73 Å². The molecule has 0 aliphatic rings. The Morgan fingerprint density at radius 1 is 1.27 bits per heavy atom. The van der Waals surface area contributed by atoms with Crippen LogP contribution in [0.1, 0.15) is 57.0 Å². The van der Waals surface area contributed by atoms with Gasteiger partial charge < -0.3 is 11.1 Å². The quantitative estimate of drug-likeness (QED) is 0.703. The van der Waals surface area contributed by atoms with E-state index < -0.39 is 5.92 Å². The summed E-state index contributed by atoms with van der Waals surface area (Å²) in [6.45, 7) is 8.39. The molecule has 0 aliphatic heterocycles. The number of hydrogen-bond acceptors (Lipinski definition) is 5. The summed E-state index contributed by atoms with van der Waals surface area (Å²) in [6, 6.07) is 6.20. The normalized spacial score (nSPS) is 13.8. The predicted octanol–water partition coefficient (Wildman–Crippen LogP) is 3.41. The van der Waals surface area contributed by atoms with Crippen molar-refractivity contribution in [3.63, 3.8) is 0 Å². The van der Waals surface area contributed by atoms with Gasteiger partial charge in [-0.05, 0) is 30.5 Å². The second-order valence-electron chi connectivity index (χ2n) is 7.13. The van der Waals surface area contributed by atoms with Gasteiger partial charge in [-0.15, -0.1) is 11.3 Å². The Bertz CT molecular complexity index is 770. The fraction of sp³-hybridized carbons (Fsp3) is 0.550. The van der Waals surface area contributed by atoms with E-state index in [9.17, 15) is 9.59 Å². The van der Waals surface area contributed by atoms with Crippen LogP contribution in [0, 0.1) is 5.92 Å². The molecule has 1 amide bonds. The Kier molecular flexibility index (Phi) is 7.29. The largest absolute Gasteiger partial charge is 0.352 e. The lowest BCUT2D eigenvalue weighted by molar-refractivity contribution is -0.129. The topological polar surface area (TPSA) is 85.1 Å². The number of hydrogen-bond donors (Lipinski definition) is 2. The fourth-order valence-electron chi connectivity index (χ4n) is 2.74. The highest BCUT2D eigenvalue weighted by Gasteiger charge is 2.24. The maximum atomic E-state index is 12.6. The minimum absolute atomic E-state index is 0.0914. The number of rotatable bonds is 9. The molecule has 6 heteroatoms. The molecule has 0 aliphatic carbocycles. The van der Waals surface area contributed by atoms with Gasteiger partial charge in [-0.3, -0.25) is 9.59 Å². The lowest BCUT2D eigenvalue weighted by Crippen LogP contribution is -2.42. The van der Waals surface area contributed by atoms with Crippen LogP contribution in [0.3, 0.4) is 0 Å². The molecule has 2 rings (SSSR count). The molecule has 1 heterocycles. The molecule has 26 heavy (non-hydrogen) atoms. The molecule has 5 nitrogen and oxygen atoms in total. The summed E-state index contributed by atoms with van der Waals surface area (Å²) in [5.41, 5.74) is 7.83. The number of carbonyl (C=O) groups excluding carboxylic acids is 2. The molecule has 0 unspecified atom stereocenters. The molecule has 2 atom stereocenters. The van der Waals surface area contributed by atoms with Crippen molar-refractivity contribution in [2.75, 3.05) is 6.54 Å². The lowest BCUT2D eigenvalue weighted by Gasteiger charge is -2.18. The van der Waals surface area contributed by atoms with E-state index in [0.29, 0.717) is 25.3 Å². The van der Waals surface area contributed by atoms with Gasteiger partial charge >= 0.3 is 0 Å². The van der Waals surface area contributed by atoms with Gasteiger partial charge in [-0.25, -0.2) is 4.98 Å². The van der Waals surface area contributed by atoms with Crippen LogP contribution in [0.15, 0.2) is 18.2 Å². The number of carbonyl (C=O) groups is 2. The standard InChI is InChI=1S/C20H29N3O2S/c1-5-16(24)8-15(20(25)22-13(4)11-21)10-19-23-17-7-6-14(12(2)3)9-18(17)26-19/h6-7,9,12-13,15H,5,8,10-11,21H2,1-4H3,(H,22,25)/t13-,15-/m0/s1. The van der Waals surface area contributed by atoms with Crippen molar-refractivity contribution in [2.24, 2.45) is 11.7 Å².